The molecule has 3 amide bonds. The molecule has 14 heteroatoms. The molecule has 0 saturated carbocycles. The number of carbonyl (C=O) groups excluding carboxylic acids is 2. The molecular formula is C35H47FN6O7. The van der Waals surface area contributed by atoms with Crippen LogP contribution in [0.25, 0.3) is 0 Å². The maximum Gasteiger partial charge on any atom is 0.407 e. The summed E-state index contributed by atoms with van der Waals surface area (Å²) in [5, 5.41) is 13.0. The van der Waals surface area contributed by atoms with Crippen LogP contribution in [0.2, 0.25) is 0 Å². The number of halogens is 1. The van der Waals surface area contributed by atoms with E-state index in [-0.39, 0.29) is 91.6 Å². The Morgan fingerprint density at radius 2 is 1.69 bits per heavy atom. The standard InChI is InChI=1S/C35H47FN6O7/c1-21-13-39(29(15-41(21)35(45)46)14-40-22(2)17-48-18-23(40)3)16-31(43)42-24(4)19-49-34-30(42)12-26(11-25-5-7-27(36)8-6-25)32(38-34)33(44)37-28-9-10-47-20-28/h5-8,12,21-24,28-29H,9-11,13-20H2,1-4H3,(H,37,44)(H,45,46)/t21-,22-,23-,24+,28-,29+/m1/s1. The third-order valence-corrected chi connectivity index (χ3v) is 10.1. The highest BCUT2D eigenvalue weighted by atomic mass is 19.1. The van der Waals surface area contributed by atoms with Gasteiger partial charge in [0.05, 0.1) is 38.4 Å². The fraction of sp³-hybridized carbons (Fsp3) is 0.600. The summed E-state index contributed by atoms with van der Waals surface area (Å²) in [4.78, 5) is 52.4. The first-order valence-corrected chi connectivity index (χ1v) is 17.2. The van der Waals surface area contributed by atoms with Crippen molar-refractivity contribution >= 4 is 23.6 Å². The lowest BCUT2D eigenvalue weighted by atomic mass is 10.0. The number of pyridine rings is 1. The van der Waals surface area contributed by atoms with Crippen molar-refractivity contribution in [2.45, 2.75) is 76.8 Å². The van der Waals surface area contributed by atoms with Gasteiger partial charge in [-0.25, -0.2) is 14.2 Å². The van der Waals surface area contributed by atoms with Gasteiger partial charge >= 0.3 is 6.09 Å². The predicted octanol–water partition coefficient (Wildman–Crippen LogP) is 2.61. The third kappa shape index (κ3) is 7.82. The van der Waals surface area contributed by atoms with Gasteiger partial charge in [0.15, 0.2) is 0 Å². The van der Waals surface area contributed by atoms with Crippen molar-refractivity contribution in [2.75, 3.05) is 64.1 Å². The maximum absolute atomic E-state index is 14.4. The Bertz CT molecular complexity index is 1510. The van der Waals surface area contributed by atoms with Crippen LogP contribution in [0.3, 0.4) is 0 Å². The smallest absolute Gasteiger partial charge is 0.407 e. The number of ether oxygens (including phenoxy) is 3. The Balaban J connectivity index is 1.29. The van der Waals surface area contributed by atoms with E-state index in [0.29, 0.717) is 57.2 Å². The molecule has 3 saturated heterocycles. The highest BCUT2D eigenvalue weighted by Crippen LogP contribution is 2.36. The summed E-state index contributed by atoms with van der Waals surface area (Å²) >= 11 is 0. The number of carboxylic acid groups (broad SMARTS) is 1. The molecule has 0 bridgehead atoms. The molecule has 1 aromatic heterocycles. The highest BCUT2D eigenvalue weighted by Gasteiger charge is 2.40. The van der Waals surface area contributed by atoms with Crippen LogP contribution < -0.4 is 15.0 Å². The Kier molecular flexibility index (Phi) is 10.7. The van der Waals surface area contributed by atoms with E-state index in [4.69, 9.17) is 14.2 Å². The fourth-order valence-electron chi connectivity index (χ4n) is 7.38. The first-order valence-electron chi connectivity index (χ1n) is 17.2. The normalized spacial score (nSPS) is 27.8. The monoisotopic (exact) mass is 682 g/mol. The van der Waals surface area contributed by atoms with E-state index < -0.39 is 6.09 Å². The molecular weight excluding hydrogens is 635 g/mol. The lowest BCUT2D eigenvalue weighted by Gasteiger charge is -2.48. The van der Waals surface area contributed by atoms with E-state index >= 15 is 0 Å². The molecule has 0 unspecified atom stereocenters. The molecule has 5 heterocycles. The first kappa shape index (κ1) is 35.0. The van der Waals surface area contributed by atoms with Crippen molar-refractivity contribution in [1.82, 2.24) is 25.0 Å². The van der Waals surface area contributed by atoms with Gasteiger partial charge in [0.25, 0.3) is 5.91 Å². The Hall–Kier alpha value is -3.85. The van der Waals surface area contributed by atoms with Crippen LogP contribution in [0, 0.1) is 5.82 Å². The summed E-state index contributed by atoms with van der Waals surface area (Å²) in [7, 11) is 0. The summed E-state index contributed by atoms with van der Waals surface area (Å²) in [6.45, 7) is 11.7. The number of aromatic nitrogens is 1. The largest absolute Gasteiger partial charge is 0.474 e. The van der Waals surface area contributed by atoms with Crippen molar-refractivity contribution in [2.24, 2.45) is 0 Å². The number of hydrogen-bond acceptors (Lipinski definition) is 9. The lowest BCUT2D eigenvalue weighted by Crippen LogP contribution is -2.65. The number of benzene rings is 1. The number of nitrogens with zero attached hydrogens (tertiary/aromatic N) is 5. The molecule has 49 heavy (non-hydrogen) atoms. The van der Waals surface area contributed by atoms with Gasteiger partial charge in [-0.3, -0.25) is 19.4 Å². The number of piperazine rings is 1. The summed E-state index contributed by atoms with van der Waals surface area (Å²) < 4.78 is 30.9. The number of rotatable bonds is 8. The number of carbonyl (C=O) groups is 3. The minimum absolute atomic E-state index is 0.0660. The van der Waals surface area contributed by atoms with Gasteiger partial charge in [-0.05, 0) is 69.9 Å². The Morgan fingerprint density at radius 1 is 0.959 bits per heavy atom. The third-order valence-electron chi connectivity index (χ3n) is 10.1. The lowest BCUT2D eigenvalue weighted by molar-refractivity contribution is -0.122. The Labute approximate surface area is 286 Å². The van der Waals surface area contributed by atoms with Gasteiger partial charge in [-0.1, -0.05) is 12.1 Å². The van der Waals surface area contributed by atoms with Crippen molar-refractivity contribution in [1.29, 1.82) is 0 Å². The summed E-state index contributed by atoms with van der Waals surface area (Å²) in [5.74, 6) is -0.704. The molecule has 4 aliphatic heterocycles. The van der Waals surface area contributed by atoms with E-state index in [1.807, 2.05) is 13.8 Å². The number of anilines is 1. The van der Waals surface area contributed by atoms with Crippen LogP contribution in [0.15, 0.2) is 30.3 Å². The van der Waals surface area contributed by atoms with Crippen molar-refractivity contribution in [3.63, 3.8) is 0 Å². The molecule has 6 rings (SSSR count). The van der Waals surface area contributed by atoms with E-state index in [1.54, 1.807) is 23.1 Å². The molecule has 1 aromatic carbocycles. The molecule has 266 valence electrons. The number of nitrogens with one attached hydrogen (secondary N) is 1. The molecule has 6 atom stereocenters. The van der Waals surface area contributed by atoms with Gasteiger partial charge in [0.2, 0.25) is 11.8 Å². The molecule has 2 N–H and O–H groups in total. The molecule has 2 aromatic rings. The maximum atomic E-state index is 14.4. The molecule has 4 aliphatic rings. The SMILES string of the molecule is C[C@@H]1CN(CC(=O)N2c3cc(Cc4ccc(F)cc4)c(C(=O)N[C@@H]4CCOC4)nc3OC[C@@H]2C)[C@@H](CN2[C@H](C)COC[C@H]2C)CN1C(=O)O. The average Bonchev–Trinajstić information content (AvgIpc) is 3.57. The summed E-state index contributed by atoms with van der Waals surface area (Å²) in [6.07, 6.45) is 0.0136. The van der Waals surface area contributed by atoms with Crippen LogP contribution in [0.5, 0.6) is 5.88 Å². The average molecular weight is 683 g/mol. The van der Waals surface area contributed by atoms with Crippen molar-refractivity contribution < 1.29 is 38.1 Å². The van der Waals surface area contributed by atoms with Crippen LogP contribution in [0.1, 0.15) is 55.7 Å². The first-order chi connectivity index (χ1) is 23.5. The number of morpholine rings is 1. The second-order valence-electron chi connectivity index (χ2n) is 13.9. The van der Waals surface area contributed by atoms with Gasteiger partial charge < -0.3 is 34.4 Å². The van der Waals surface area contributed by atoms with Gasteiger partial charge in [0.1, 0.15) is 23.8 Å². The molecule has 13 nitrogen and oxygen atoms in total. The minimum Gasteiger partial charge on any atom is -0.474 e. The summed E-state index contributed by atoms with van der Waals surface area (Å²) in [5.41, 5.74) is 2.01. The zero-order valence-corrected chi connectivity index (χ0v) is 28.6. The van der Waals surface area contributed by atoms with Crippen LogP contribution in [-0.2, 0) is 20.7 Å². The highest BCUT2D eigenvalue weighted by molar-refractivity contribution is 5.99. The topological polar surface area (TPSA) is 137 Å². The zero-order valence-electron chi connectivity index (χ0n) is 28.6. The van der Waals surface area contributed by atoms with E-state index in [9.17, 15) is 23.9 Å². The zero-order chi connectivity index (χ0) is 34.8. The van der Waals surface area contributed by atoms with E-state index in [1.165, 1.54) is 17.0 Å². The van der Waals surface area contributed by atoms with Gasteiger partial charge in [-0.2, -0.15) is 0 Å². The molecule has 0 radical (unpaired) electrons. The van der Waals surface area contributed by atoms with Crippen LogP contribution >= 0.6 is 0 Å². The second-order valence-corrected chi connectivity index (χ2v) is 13.9. The predicted molar refractivity (Wildman–Crippen MR) is 179 cm³/mol. The molecule has 3 fully saturated rings. The molecule has 0 spiro atoms. The quantitative estimate of drug-likeness (QED) is 0.428. The number of hydrogen-bond donors (Lipinski definition) is 2. The minimum atomic E-state index is -0.970. The molecule has 0 aliphatic carbocycles. The van der Waals surface area contributed by atoms with Crippen LogP contribution in [0.4, 0.5) is 14.9 Å². The number of amides is 3. The van der Waals surface area contributed by atoms with Crippen LogP contribution in [-0.4, -0.2) is 138 Å². The fourth-order valence-corrected chi connectivity index (χ4v) is 7.38. The van der Waals surface area contributed by atoms with Gasteiger partial charge in [-0.15, -0.1) is 0 Å². The van der Waals surface area contributed by atoms with E-state index in [0.717, 1.165) is 5.56 Å². The van der Waals surface area contributed by atoms with Crippen molar-refractivity contribution in [3.8, 4) is 5.88 Å². The van der Waals surface area contributed by atoms with Gasteiger partial charge in [0, 0.05) is 50.4 Å². The second kappa shape index (κ2) is 15.0. The summed E-state index contributed by atoms with van der Waals surface area (Å²) in [6, 6.07) is 7.20. The Morgan fingerprint density at radius 3 is 2.37 bits per heavy atom. The van der Waals surface area contributed by atoms with Crippen molar-refractivity contribution in [3.05, 3.63) is 53.0 Å². The van der Waals surface area contributed by atoms with E-state index in [2.05, 4.69) is 33.9 Å². The number of fused-ring (bicyclic) bond motifs is 1.